The lowest BCUT2D eigenvalue weighted by atomic mass is 10.2. The van der Waals surface area contributed by atoms with Gasteiger partial charge in [0.2, 0.25) is 11.8 Å². The fourth-order valence-corrected chi connectivity index (χ4v) is 2.60. The highest BCUT2D eigenvalue weighted by molar-refractivity contribution is 5.76. The Morgan fingerprint density at radius 2 is 1.87 bits per heavy atom. The van der Waals surface area contributed by atoms with Crippen LogP contribution < -0.4 is 0 Å². The van der Waals surface area contributed by atoms with Gasteiger partial charge in [0.1, 0.15) is 0 Å². The number of benzene rings is 1. The number of rotatable bonds is 7. The Labute approximate surface area is 137 Å². The zero-order valence-corrected chi connectivity index (χ0v) is 13.9. The van der Waals surface area contributed by atoms with Crippen LogP contribution in [0, 0.1) is 0 Å². The van der Waals surface area contributed by atoms with E-state index < -0.39 is 5.91 Å². The number of hydrogen-bond acceptors (Lipinski definition) is 5. The summed E-state index contributed by atoms with van der Waals surface area (Å²) in [6, 6.07) is 9.75. The maximum absolute atomic E-state index is 12.0. The number of hydrogen-bond donors (Lipinski definition) is 1. The van der Waals surface area contributed by atoms with Crippen LogP contribution in [0.2, 0.25) is 0 Å². The lowest BCUT2D eigenvalue weighted by molar-refractivity contribution is -0.291. The molecule has 0 radical (unpaired) electrons. The van der Waals surface area contributed by atoms with Gasteiger partial charge in [-0.25, -0.2) is 4.90 Å². The molecule has 0 bridgehead atoms. The van der Waals surface area contributed by atoms with E-state index in [1.165, 1.54) is 0 Å². The van der Waals surface area contributed by atoms with E-state index in [1.54, 1.807) is 14.0 Å². The molecule has 1 heterocycles. The Hall–Kier alpha value is -1.47. The molecule has 23 heavy (non-hydrogen) atoms. The van der Waals surface area contributed by atoms with Crippen molar-refractivity contribution in [2.24, 2.45) is 0 Å². The van der Waals surface area contributed by atoms with Crippen molar-refractivity contribution >= 4 is 5.91 Å². The maximum Gasteiger partial charge on any atom is 0.224 e. The third-order valence-electron chi connectivity index (χ3n) is 4.09. The van der Waals surface area contributed by atoms with Crippen LogP contribution in [-0.4, -0.2) is 66.6 Å². The van der Waals surface area contributed by atoms with Gasteiger partial charge in [-0.1, -0.05) is 30.3 Å². The number of methoxy groups -OCH3 is 1. The molecular weight excluding hydrogens is 296 g/mol. The second-order valence-corrected chi connectivity index (χ2v) is 5.82. The first kappa shape index (κ1) is 17.9. The molecule has 1 atom stereocenters. The van der Waals surface area contributed by atoms with Crippen LogP contribution in [0.1, 0.15) is 18.9 Å². The Balaban J connectivity index is 1.79. The molecular formula is C17H26N2O4. The summed E-state index contributed by atoms with van der Waals surface area (Å²) >= 11 is 0. The molecule has 128 valence electrons. The molecule has 1 aromatic carbocycles. The molecule has 0 spiro atoms. The number of nitrogens with zero attached hydrogens (tertiary/aromatic N) is 2. The molecule has 6 heteroatoms. The van der Waals surface area contributed by atoms with Crippen molar-refractivity contribution in [2.75, 3.05) is 39.9 Å². The largest absolute Gasteiger partial charge is 0.384 e. The van der Waals surface area contributed by atoms with Crippen LogP contribution in [-0.2, 0) is 20.9 Å². The van der Waals surface area contributed by atoms with Gasteiger partial charge in [-0.05, 0) is 5.56 Å². The molecule has 0 aliphatic carbocycles. The minimum Gasteiger partial charge on any atom is -0.384 e. The summed E-state index contributed by atoms with van der Waals surface area (Å²) in [7, 11) is 1.59. The van der Waals surface area contributed by atoms with Gasteiger partial charge >= 0.3 is 0 Å². The second-order valence-electron chi connectivity index (χ2n) is 5.82. The van der Waals surface area contributed by atoms with Crippen LogP contribution in [0.15, 0.2) is 30.3 Å². The van der Waals surface area contributed by atoms with Crippen LogP contribution in [0.25, 0.3) is 0 Å². The first-order chi connectivity index (χ1) is 11.0. The minimum absolute atomic E-state index is 0.0938. The highest BCUT2D eigenvalue weighted by atomic mass is 16.6. The van der Waals surface area contributed by atoms with Crippen LogP contribution in [0.5, 0.6) is 0 Å². The van der Waals surface area contributed by atoms with E-state index in [9.17, 15) is 9.90 Å². The van der Waals surface area contributed by atoms with E-state index >= 15 is 0 Å². The maximum atomic E-state index is 12.0. The smallest absolute Gasteiger partial charge is 0.224 e. The third kappa shape index (κ3) is 5.28. The standard InChI is InChI=1S/C17H26N2O4/c1-17(21,23-14-15-6-4-3-5-7-15)19-11-9-18(10-12-19)16(20)8-13-22-2/h3-7,21H,8-14H2,1-2H3. The molecule has 1 aromatic rings. The predicted octanol–water partition coefficient (Wildman–Crippen LogP) is 1.05. The lowest BCUT2D eigenvalue weighted by Gasteiger charge is -2.42. The van der Waals surface area contributed by atoms with E-state index in [-0.39, 0.29) is 5.91 Å². The van der Waals surface area contributed by atoms with Gasteiger partial charge in [-0.15, -0.1) is 0 Å². The van der Waals surface area contributed by atoms with E-state index in [2.05, 4.69) is 0 Å². The lowest BCUT2D eigenvalue weighted by Crippen LogP contribution is -2.57. The van der Waals surface area contributed by atoms with Gasteiger partial charge in [0.25, 0.3) is 0 Å². The second kappa shape index (κ2) is 8.40. The number of carbonyl (C=O) groups is 1. The van der Waals surface area contributed by atoms with Crippen molar-refractivity contribution in [3.05, 3.63) is 35.9 Å². The molecule has 1 fully saturated rings. The third-order valence-corrected chi connectivity index (χ3v) is 4.09. The van der Waals surface area contributed by atoms with Crippen LogP contribution in [0.4, 0.5) is 0 Å². The molecule has 1 aliphatic heterocycles. The average Bonchev–Trinajstić information content (AvgIpc) is 2.59. The van der Waals surface area contributed by atoms with E-state index in [0.29, 0.717) is 45.8 Å². The van der Waals surface area contributed by atoms with Gasteiger partial charge < -0.3 is 19.5 Å². The van der Waals surface area contributed by atoms with Crippen molar-refractivity contribution < 1.29 is 19.4 Å². The summed E-state index contributed by atoms with van der Waals surface area (Å²) in [5, 5.41) is 10.5. The van der Waals surface area contributed by atoms with Crippen molar-refractivity contribution in [1.29, 1.82) is 0 Å². The highest BCUT2D eigenvalue weighted by Gasteiger charge is 2.33. The fourth-order valence-electron chi connectivity index (χ4n) is 2.60. The van der Waals surface area contributed by atoms with Crippen molar-refractivity contribution in [1.82, 2.24) is 9.80 Å². The van der Waals surface area contributed by atoms with Crippen LogP contribution in [0.3, 0.4) is 0 Å². The Morgan fingerprint density at radius 3 is 2.48 bits per heavy atom. The molecule has 1 N–H and O–H groups in total. The number of carbonyl (C=O) groups excluding carboxylic acids is 1. The number of aliphatic hydroxyl groups is 1. The molecule has 1 unspecified atom stereocenters. The molecule has 1 aliphatic rings. The van der Waals surface area contributed by atoms with Gasteiger partial charge in [0.15, 0.2) is 0 Å². The number of piperazine rings is 1. The SMILES string of the molecule is COCCC(=O)N1CCN(C(C)(O)OCc2ccccc2)CC1. The summed E-state index contributed by atoms with van der Waals surface area (Å²) in [6.45, 7) is 4.79. The topological polar surface area (TPSA) is 62.2 Å². The summed E-state index contributed by atoms with van der Waals surface area (Å²) in [6.07, 6.45) is 0.400. The Morgan fingerprint density at radius 1 is 1.22 bits per heavy atom. The molecule has 2 rings (SSSR count). The van der Waals surface area contributed by atoms with Crippen LogP contribution >= 0.6 is 0 Å². The predicted molar refractivity (Wildman–Crippen MR) is 86.5 cm³/mol. The average molecular weight is 322 g/mol. The zero-order valence-electron chi connectivity index (χ0n) is 13.9. The normalized spacial score (nSPS) is 18.7. The van der Waals surface area contributed by atoms with E-state index in [1.807, 2.05) is 40.1 Å². The monoisotopic (exact) mass is 322 g/mol. The molecule has 1 amide bonds. The quantitative estimate of drug-likeness (QED) is 0.760. The number of ether oxygens (including phenoxy) is 2. The summed E-state index contributed by atoms with van der Waals surface area (Å²) in [5.74, 6) is -1.24. The highest BCUT2D eigenvalue weighted by Crippen LogP contribution is 2.18. The van der Waals surface area contributed by atoms with Crippen molar-refractivity contribution in [3.8, 4) is 0 Å². The minimum atomic E-state index is -1.34. The zero-order chi connectivity index (χ0) is 16.7. The first-order valence-corrected chi connectivity index (χ1v) is 7.95. The summed E-state index contributed by atoms with van der Waals surface area (Å²) in [5.41, 5.74) is 1.01. The van der Waals surface area contributed by atoms with E-state index in [4.69, 9.17) is 9.47 Å². The van der Waals surface area contributed by atoms with Gasteiger partial charge in [-0.2, -0.15) is 0 Å². The van der Waals surface area contributed by atoms with E-state index in [0.717, 1.165) is 5.56 Å². The van der Waals surface area contributed by atoms with Crippen molar-refractivity contribution in [2.45, 2.75) is 25.9 Å². The molecule has 0 saturated carbocycles. The van der Waals surface area contributed by atoms with Gasteiger partial charge in [0.05, 0.1) is 19.6 Å². The molecule has 0 aromatic heterocycles. The van der Waals surface area contributed by atoms with Gasteiger partial charge in [0, 0.05) is 40.2 Å². The fraction of sp³-hybridized carbons (Fsp3) is 0.588. The first-order valence-electron chi connectivity index (χ1n) is 7.95. The van der Waals surface area contributed by atoms with Gasteiger partial charge in [-0.3, -0.25) is 4.79 Å². The summed E-state index contributed by atoms with van der Waals surface area (Å²) in [4.78, 5) is 15.6. The van der Waals surface area contributed by atoms with Crippen molar-refractivity contribution in [3.63, 3.8) is 0 Å². The Bertz CT molecular complexity index is 485. The summed E-state index contributed by atoms with van der Waals surface area (Å²) < 4.78 is 10.6. The molecule has 6 nitrogen and oxygen atoms in total. The number of amides is 1. The molecule has 1 saturated heterocycles. The Kier molecular flexibility index (Phi) is 6.53.